The molecule has 0 aromatic carbocycles. The van der Waals surface area contributed by atoms with Crippen LogP contribution in [0.1, 0.15) is 12.8 Å². The second-order valence-electron chi connectivity index (χ2n) is 1.41. The first-order chi connectivity index (χ1) is 3.81. The zero-order valence-corrected chi connectivity index (χ0v) is 6.64. The first kappa shape index (κ1) is 8.16. The predicted octanol–water partition coefficient (Wildman–Crippen LogP) is 0.192. The average molecular weight is 228 g/mol. The van der Waals surface area contributed by atoms with Crippen molar-refractivity contribution in [1.29, 1.82) is 0 Å². The third kappa shape index (κ3) is 4.32. The number of rotatable bonds is 3. The van der Waals surface area contributed by atoms with Crippen molar-refractivity contribution in [3.63, 3.8) is 0 Å². The first-order valence-electron chi connectivity index (χ1n) is 2.40. The van der Waals surface area contributed by atoms with Crippen LogP contribution < -0.4 is 9.26 Å². The van der Waals surface area contributed by atoms with E-state index in [4.69, 9.17) is 5.73 Å². The number of nitrogens with two attached hydrogens (primary N) is 1. The van der Waals surface area contributed by atoms with E-state index in [1.807, 2.05) is 22.9 Å². The molecule has 0 bridgehead atoms. The van der Waals surface area contributed by atoms with Crippen LogP contribution in [0.4, 0.5) is 0 Å². The molecule has 0 saturated carbocycles. The number of hydrogen-bond acceptors (Lipinski definition) is 2. The molecule has 0 atom stereocenters. The van der Waals surface area contributed by atoms with E-state index in [2.05, 4.69) is 3.53 Å². The summed E-state index contributed by atoms with van der Waals surface area (Å²) in [5.41, 5.74) is 5.15. The van der Waals surface area contributed by atoms with E-state index in [1.165, 1.54) is 0 Å². The Hall–Kier alpha value is 0.160. The predicted molar refractivity (Wildman–Crippen MR) is 40.5 cm³/mol. The van der Waals surface area contributed by atoms with Crippen LogP contribution in [-0.4, -0.2) is 12.5 Å². The summed E-state index contributed by atoms with van der Waals surface area (Å²) in [5, 5.41) is 0. The van der Waals surface area contributed by atoms with Crippen molar-refractivity contribution >= 4 is 28.8 Å². The Morgan fingerprint density at radius 3 is 2.75 bits per heavy atom. The molecule has 1 amide bonds. The van der Waals surface area contributed by atoms with Gasteiger partial charge in [-0.1, -0.05) is 0 Å². The number of amides is 1. The standard InChI is InChI=1S/C4H9IN2O/c5-7-4(8)2-1-3-6/h1-3,6H2,(H,7,8). The molecule has 4 heteroatoms. The van der Waals surface area contributed by atoms with Crippen LogP contribution in [0.25, 0.3) is 0 Å². The Kier molecular flexibility index (Phi) is 5.41. The summed E-state index contributed by atoms with van der Waals surface area (Å²) in [4.78, 5) is 10.4. The summed E-state index contributed by atoms with van der Waals surface area (Å²) in [6.07, 6.45) is 1.31. The summed E-state index contributed by atoms with van der Waals surface area (Å²) in [5.74, 6) is 0.0519. The molecule has 0 saturated heterocycles. The van der Waals surface area contributed by atoms with E-state index in [0.29, 0.717) is 13.0 Å². The van der Waals surface area contributed by atoms with E-state index >= 15 is 0 Å². The lowest BCUT2D eigenvalue weighted by molar-refractivity contribution is -0.118. The Morgan fingerprint density at radius 1 is 1.75 bits per heavy atom. The Morgan fingerprint density at radius 2 is 2.38 bits per heavy atom. The van der Waals surface area contributed by atoms with Crippen LogP contribution in [0, 0.1) is 0 Å². The SMILES string of the molecule is NCCCC(=O)NI. The van der Waals surface area contributed by atoms with Crippen molar-refractivity contribution in [3.05, 3.63) is 0 Å². The highest BCUT2D eigenvalue weighted by Crippen LogP contribution is 1.86. The zero-order valence-electron chi connectivity index (χ0n) is 4.48. The summed E-state index contributed by atoms with van der Waals surface area (Å²) >= 11 is 1.81. The largest absolute Gasteiger partial charge is 0.330 e. The summed E-state index contributed by atoms with van der Waals surface area (Å²) < 4.78 is 2.48. The third-order valence-electron chi connectivity index (χ3n) is 0.713. The summed E-state index contributed by atoms with van der Waals surface area (Å²) in [6.45, 7) is 0.587. The molecule has 0 spiro atoms. The van der Waals surface area contributed by atoms with Gasteiger partial charge in [-0.05, 0) is 13.0 Å². The average Bonchev–Trinajstić information content (AvgIpc) is 1.83. The second-order valence-corrected chi connectivity index (χ2v) is 1.95. The van der Waals surface area contributed by atoms with Crippen molar-refractivity contribution in [2.45, 2.75) is 12.8 Å². The van der Waals surface area contributed by atoms with E-state index in [1.54, 1.807) is 0 Å². The molecule has 0 fully saturated rings. The van der Waals surface area contributed by atoms with Crippen molar-refractivity contribution in [2.24, 2.45) is 5.73 Å². The minimum atomic E-state index is 0.0519. The minimum absolute atomic E-state index is 0.0519. The topological polar surface area (TPSA) is 55.1 Å². The fourth-order valence-corrected chi connectivity index (χ4v) is 0.580. The highest BCUT2D eigenvalue weighted by Gasteiger charge is 1.93. The van der Waals surface area contributed by atoms with Gasteiger partial charge >= 0.3 is 0 Å². The van der Waals surface area contributed by atoms with Crippen LogP contribution >= 0.6 is 22.9 Å². The molecule has 0 aliphatic heterocycles. The second kappa shape index (κ2) is 5.30. The molecule has 48 valence electrons. The van der Waals surface area contributed by atoms with Gasteiger partial charge < -0.3 is 5.73 Å². The van der Waals surface area contributed by atoms with Gasteiger partial charge in [0.15, 0.2) is 0 Å². The number of carbonyl (C=O) groups excluding carboxylic acids is 1. The highest BCUT2D eigenvalue weighted by molar-refractivity contribution is 14.1. The van der Waals surface area contributed by atoms with Gasteiger partial charge in [0.25, 0.3) is 0 Å². The highest BCUT2D eigenvalue weighted by atomic mass is 127. The van der Waals surface area contributed by atoms with E-state index in [0.717, 1.165) is 6.42 Å². The molecule has 0 aliphatic carbocycles. The summed E-state index contributed by atoms with van der Waals surface area (Å²) in [7, 11) is 0. The lowest BCUT2D eigenvalue weighted by Gasteiger charge is -1.92. The van der Waals surface area contributed by atoms with E-state index < -0.39 is 0 Å². The van der Waals surface area contributed by atoms with Crippen LogP contribution in [0.3, 0.4) is 0 Å². The van der Waals surface area contributed by atoms with Crippen molar-refractivity contribution < 1.29 is 4.79 Å². The van der Waals surface area contributed by atoms with Crippen LogP contribution in [0.15, 0.2) is 0 Å². The molecule has 0 unspecified atom stereocenters. The van der Waals surface area contributed by atoms with Gasteiger partial charge in [-0.2, -0.15) is 0 Å². The van der Waals surface area contributed by atoms with Gasteiger partial charge in [0.1, 0.15) is 0 Å². The van der Waals surface area contributed by atoms with Gasteiger partial charge in [-0.25, -0.2) is 0 Å². The normalized spacial score (nSPS) is 8.75. The van der Waals surface area contributed by atoms with Crippen LogP contribution in [-0.2, 0) is 4.79 Å². The number of hydrogen-bond donors (Lipinski definition) is 2. The van der Waals surface area contributed by atoms with Gasteiger partial charge in [0.2, 0.25) is 5.91 Å². The molecule has 8 heavy (non-hydrogen) atoms. The van der Waals surface area contributed by atoms with E-state index in [-0.39, 0.29) is 5.91 Å². The van der Waals surface area contributed by atoms with Crippen LogP contribution in [0.2, 0.25) is 0 Å². The Labute approximate surface area is 62.5 Å². The Balaban J connectivity index is 2.99. The van der Waals surface area contributed by atoms with E-state index in [9.17, 15) is 4.79 Å². The molecule has 3 nitrogen and oxygen atoms in total. The number of halogens is 1. The van der Waals surface area contributed by atoms with Gasteiger partial charge in [-0.3, -0.25) is 8.32 Å². The van der Waals surface area contributed by atoms with Gasteiger partial charge in [0, 0.05) is 6.42 Å². The molecule has 0 heterocycles. The molecule has 0 radical (unpaired) electrons. The third-order valence-corrected chi connectivity index (χ3v) is 1.31. The fraction of sp³-hybridized carbons (Fsp3) is 0.750. The molecule has 0 aromatic rings. The lowest BCUT2D eigenvalue weighted by Crippen LogP contribution is -2.12. The minimum Gasteiger partial charge on any atom is -0.330 e. The van der Waals surface area contributed by atoms with Gasteiger partial charge in [0.05, 0.1) is 22.9 Å². The molecule has 0 aliphatic rings. The summed E-state index contributed by atoms with van der Waals surface area (Å²) in [6, 6.07) is 0. The zero-order chi connectivity index (χ0) is 6.41. The lowest BCUT2D eigenvalue weighted by atomic mass is 10.3. The van der Waals surface area contributed by atoms with Crippen molar-refractivity contribution in [3.8, 4) is 0 Å². The smallest absolute Gasteiger partial charge is 0.228 e. The van der Waals surface area contributed by atoms with Gasteiger partial charge in [-0.15, -0.1) is 0 Å². The van der Waals surface area contributed by atoms with Crippen LogP contribution in [0.5, 0.6) is 0 Å². The molecular weight excluding hydrogens is 219 g/mol. The number of carbonyl (C=O) groups is 1. The first-order valence-corrected chi connectivity index (χ1v) is 3.48. The maximum atomic E-state index is 10.4. The maximum absolute atomic E-state index is 10.4. The Bertz CT molecular complexity index is 76.4. The molecule has 3 N–H and O–H groups in total. The fourth-order valence-electron chi connectivity index (χ4n) is 0.310. The number of nitrogens with one attached hydrogen (secondary N) is 1. The van der Waals surface area contributed by atoms with Crippen molar-refractivity contribution in [1.82, 2.24) is 3.53 Å². The molecular formula is C4H9IN2O. The van der Waals surface area contributed by atoms with Crippen molar-refractivity contribution in [2.75, 3.05) is 6.54 Å². The quantitative estimate of drug-likeness (QED) is 0.535. The molecule has 0 aromatic heterocycles. The molecule has 0 rings (SSSR count). The maximum Gasteiger partial charge on any atom is 0.228 e. The monoisotopic (exact) mass is 228 g/mol.